The number of anilines is 4. The SMILES string of the molecule is COc1ccc(Nc2c3ccc(NC(=O)CCN4CCCC4)cc3nc3ccc(NC(=O)CCN4CCCC4)cc23)cc1. The van der Waals surface area contributed by atoms with Crippen LogP contribution in [0.4, 0.5) is 22.7 Å². The number of aromatic nitrogens is 1. The van der Waals surface area contributed by atoms with Gasteiger partial charge in [0.05, 0.1) is 23.8 Å². The fourth-order valence-electron chi connectivity index (χ4n) is 6.03. The topological polar surface area (TPSA) is 98.8 Å². The molecule has 0 unspecified atom stereocenters. The van der Waals surface area contributed by atoms with Crippen LogP contribution in [0.1, 0.15) is 38.5 Å². The van der Waals surface area contributed by atoms with E-state index in [1.165, 1.54) is 25.7 Å². The van der Waals surface area contributed by atoms with Crippen molar-refractivity contribution in [3.05, 3.63) is 60.7 Å². The molecule has 0 aliphatic carbocycles. The number of rotatable bonds is 11. The van der Waals surface area contributed by atoms with E-state index in [-0.39, 0.29) is 11.8 Å². The molecule has 2 amide bonds. The van der Waals surface area contributed by atoms with Crippen molar-refractivity contribution in [2.75, 3.05) is 62.3 Å². The summed E-state index contributed by atoms with van der Waals surface area (Å²) in [5, 5.41) is 11.5. The van der Waals surface area contributed by atoms with Crippen molar-refractivity contribution in [3.63, 3.8) is 0 Å². The first kappa shape index (κ1) is 28.9. The summed E-state index contributed by atoms with van der Waals surface area (Å²) in [4.78, 5) is 35.1. The van der Waals surface area contributed by atoms with E-state index in [4.69, 9.17) is 9.72 Å². The molecule has 224 valence electrons. The number of nitrogens with zero attached hydrogens (tertiary/aromatic N) is 3. The van der Waals surface area contributed by atoms with Crippen molar-refractivity contribution in [3.8, 4) is 5.75 Å². The Morgan fingerprint density at radius 3 is 1.86 bits per heavy atom. The first-order valence-corrected chi connectivity index (χ1v) is 15.4. The minimum Gasteiger partial charge on any atom is -0.497 e. The van der Waals surface area contributed by atoms with Crippen molar-refractivity contribution in [2.24, 2.45) is 0 Å². The molecular formula is C34H40N6O3. The van der Waals surface area contributed by atoms with Gasteiger partial charge in [0.1, 0.15) is 5.75 Å². The van der Waals surface area contributed by atoms with Crippen LogP contribution < -0.4 is 20.7 Å². The minimum atomic E-state index is 0.00809. The van der Waals surface area contributed by atoms with Crippen LogP contribution in [0.25, 0.3) is 21.8 Å². The normalized spacial score (nSPS) is 15.7. The van der Waals surface area contributed by atoms with Gasteiger partial charge in [-0.15, -0.1) is 0 Å². The Morgan fingerprint density at radius 2 is 1.26 bits per heavy atom. The number of fused-ring (bicyclic) bond motifs is 2. The van der Waals surface area contributed by atoms with Crippen LogP contribution in [0, 0.1) is 0 Å². The van der Waals surface area contributed by atoms with Crippen molar-refractivity contribution in [1.82, 2.24) is 14.8 Å². The summed E-state index contributed by atoms with van der Waals surface area (Å²) in [7, 11) is 1.65. The number of pyridine rings is 1. The number of benzene rings is 3. The minimum absolute atomic E-state index is 0.00809. The number of ether oxygens (including phenoxy) is 1. The highest BCUT2D eigenvalue weighted by atomic mass is 16.5. The first-order valence-electron chi connectivity index (χ1n) is 15.4. The van der Waals surface area contributed by atoms with Crippen LogP contribution in [-0.2, 0) is 9.59 Å². The summed E-state index contributed by atoms with van der Waals surface area (Å²) in [5.41, 5.74) is 4.79. The van der Waals surface area contributed by atoms with Gasteiger partial charge in [-0.25, -0.2) is 4.98 Å². The second kappa shape index (κ2) is 13.4. The highest BCUT2D eigenvalue weighted by Gasteiger charge is 2.16. The summed E-state index contributed by atoms with van der Waals surface area (Å²) in [5.74, 6) is 0.794. The molecule has 43 heavy (non-hydrogen) atoms. The van der Waals surface area contributed by atoms with E-state index in [0.29, 0.717) is 12.8 Å². The zero-order valence-corrected chi connectivity index (χ0v) is 24.8. The number of hydrogen-bond acceptors (Lipinski definition) is 7. The molecule has 2 fully saturated rings. The van der Waals surface area contributed by atoms with Crippen LogP contribution in [0.3, 0.4) is 0 Å². The Balaban J connectivity index is 1.27. The predicted octanol–water partition coefficient (Wildman–Crippen LogP) is 5.99. The van der Waals surface area contributed by atoms with Crippen LogP contribution in [0.15, 0.2) is 60.7 Å². The van der Waals surface area contributed by atoms with E-state index < -0.39 is 0 Å². The van der Waals surface area contributed by atoms with Gasteiger partial charge in [0.25, 0.3) is 0 Å². The molecular weight excluding hydrogens is 540 g/mol. The zero-order chi connectivity index (χ0) is 29.6. The molecule has 0 saturated carbocycles. The third-order valence-corrected chi connectivity index (χ3v) is 8.41. The maximum Gasteiger partial charge on any atom is 0.225 e. The fraction of sp³-hybridized carbons (Fsp3) is 0.382. The number of likely N-dealkylation sites (tertiary alicyclic amines) is 2. The molecule has 9 heteroatoms. The van der Waals surface area contributed by atoms with Gasteiger partial charge in [0.15, 0.2) is 0 Å². The smallest absolute Gasteiger partial charge is 0.225 e. The quantitative estimate of drug-likeness (QED) is 0.188. The number of amides is 2. The number of carbonyl (C=O) groups excluding carboxylic acids is 2. The Hall–Kier alpha value is -4.21. The lowest BCUT2D eigenvalue weighted by Crippen LogP contribution is -2.25. The molecule has 0 bridgehead atoms. The largest absolute Gasteiger partial charge is 0.497 e. The van der Waals surface area contributed by atoms with E-state index in [9.17, 15) is 9.59 Å². The molecule has 2 aliphatic heterocycles. The summed E-state index contributed by atoms with van der Waals surface area (Å²) in [6, 6.07) is 19.4. The Morgan fingerprint density at radius 1 is 0.698 bits per heavy atom. The average Bonchev–Trinajstić information content (AvgIpc) is 3.74. The lowest BCUT2D eigenvalue weighted by molar-refractivity contribution is -0.117. The highest BCUT2D eigenvalue weighted by molar-refractivity contribution is 6.11. The molecule has 6 rings (SSSR count). The average molecular weight is 581 g/mol. The maximum atomic E-state index is 12.8. The summed E-state index contributed by atoms with van der Waals surface area (Å²) < 4.78 is 5.34. The monoisotopic (exact) mass is 580 g/mol. The summed E-state index contributed by atoms with van der Waals surface area (Å²) >= 11 is 0. The number of nitrogens with one attached hydrogen (secondary N) is 3. The Labute approximate surface area is 252 Å². The standard InChI is InChI=1S/C34H40N6O3/c1-43-27-10-6-24(7-11-27)37-34-28-12-8-26(36-33(42)15-21-40-18-4-5-19-40)23-31(28)38-30-13-9-25(22-29(30)34)35-32(41)14-20-39-16-2-3-17-39/h6-13,22-23H,2-5,14-21H2,1H3,(H,35,41)(H,36,42)(H,37,38). The molecule has 3 aromatic carbocycles. The second-order valence-electron chi connectivity index (χ2n) is 11.5. The lowest BCUT2D eigenvalue weighted by atomic mass is 10.1. The van der Waals surface area contributed by atoms with E-state index in [1.807, 2.05) is 60.7 Å². The van der Waals surface area contributed by atoms with Gasteiger partial charge in [-0.2, -0.15) is 0 Å². The number of methoxy groups -OCH3 is 1. The molecule has 3 heterocycles. The van der Waals surface area contributed by atoms with Crippen LogP contribution >= 0.6 is 0 Å². The third kappa shape index (κ3) is 7.24. The number of carbonyl (C=O) groups is 2. The fourth-order valence-corrected chi connectivity index (χ4v) is 6.03. The molecule has 4 aromatic rings. The van der Waals surface area contributed by atoms with Gasteiger partial charge >= 0.3 is 0 Å². The Kier molecular flexibility index (Phi) is 9.00. The zero-order valence-electron chi connectivity index (χ0n) is 24.8. The molecule has 0 radical (unpaired) electrons. The van der Waals surface area contributed by atoms with E-state index >= 15 is 0 Å². The lowest BCUT2D eigenvalue weighted by Gasteiger charge is -2.17. The molecule has 3 N–H and O–H groups in total. The number of hydrogen-bond donors (Lipinski definition) is 3. The van der Waals surface area contributed by atoms with Crippen molar-refractivity contribution in [1.29, 1.82) is 0 Å². The van der Waals surface area contributed by atoms with E-state index in [1.54, 1.807) is 7.11 Å². The predicted molar refractivity (Wildman–Crippen MR) is 173 cm³/mol. The van der Waals surface area contributed by atoms with E-state index in [2.05, 4.69) is 25.8 Å². The molecule has 0 spiro atoms. The van der Waals surface area contributed by atoms with Crippen molar-refractivity contribution in [2.45, 2.75) is 38.5 Å². The molecule has 0 atom stereocenters. The Bertz CT molecular complexity index is 1590. The van der Waals surface area contributed by atoms with Gasteiger partial charge in [0, 0.05) is 53.8 Å². The molecule has 2 aliphatic rings. The van der Waals surface area contributed by atoms with Gasteiger partial charge in [-0.1, -0.05) is 0 Å². The van der Waals surface area contributed by atoms with Crippen molar-refractivity contribution >= 4 is 56.4 Å². The van der Waals surface area contributed by atoms with Crippen LogP contribution in [-0.4, -0.2) is 73.0 Å². The summed E-state index contributed by atoms with van der Waals surface area (Å²) in [6.45, 7) is 5.88. The van der Waals surface area contributed by atoms with Gasteiger partial charge < -0.3 is 30.5 Å². The van der Waals surface area contributed by atoms with Gasteiger partial charge in [-0.3, -0.25) is 9.59 Å². The third-order valence-electron chi connectivity index (χ3n) is 8.41. The highest BCUT2D eigenvalue weighted by Crippen LogP contribution is 2.36. The van der Waals surface area contributed by atoms with E-state index in [0.717, 1.165) is 89.6 Å². The molecule has 2 saturated heterocycles. The van der Waals surface area contributed by atoms with Gasteiger partial charge in [-0.05, 0) is 113 Å². The second-order valence-corrected chi connectivity index (χ2v) is 11.5. The first-order chi connectivity index (χ1) is 21.0. The molecule has 1 aromatic heterocycles. The van der Waals surface area contributed by atoms with Gasteiger partial charge in [0.2, 0.25) is 11.8 Å². The van der Waals surface area contributed by atoms with Crippen molar-refractivity contribution < 1.29 is 14.3 Å². The maximum absolute atomic E-state index is 12.8. The van der Waals surface area contributed by atoms with Crippen LogP contribution in [0.5, 0.6) is 5.75 Å². The summed E-state index contributed by atoms with van der Waals surface area (Å²) in [6.07, 6.45) is 5.79. The van der Waals surface area contributed by atoms with Crippen LogP contribution in [0.2, 0.25) is 0 Å². The molecule has 9 nitrogen and oxygen atoms in total.